The molecule has 1 saturated heterocycles. The van der Waals surface area contributed by atoms with Crippen molar-refractivity contribution >= 4 is 5.91 Å². The lowest BCUT2D eigenvalue weighted by Gasteiger charge is -2.38. The summed E-state index contributed by atoms with van der Waals surface area (Å²) >= 11 is 0. The van der Waals surface area contributed by atoms with Gasteiger partial charge in [0, 0.05) is 37.8 Å². The van der Waals surface area contributed by atoms with Gasteiger partial charge in [0.25, 0.3) is 5.91 Å². The first-order chi connectivity index (χ1) is 11.7. The molecule has 0 bridgehead atoms. The quantitative estimate of drug-likeness (QED) is 0.874. The molecule has 1 aliphatic rings. The number of piperazine rings is 1. The molecule has 2 aromatic rings. The minimum atomic E-state index is -0.0126. The molecule has 1 aromatic heterocycles. The highest BCUT2D eigenvalue weighted by molar-refractivity contribution is 5.93. The predicted octanol–water partition coefficient (Wildman–Crippen LogP) is 1.61. The Morgan fingerprint density at radius 3 is 2.58 bits per heavy atom. The van der Waals surface area contributed by atoms with Crippen LogP contribution < -0.4 is 0 Å². The highest BCUT2D eigenvalue weighted by Gasteiger charge is 2.26. The van der Waals surface area contributed by atoms with Crippen molar-refractivity contribution in [3.63, 3.8) is 0 Å². The van der Waals surface area contributed by atoms with E-state index in [-0.39, 0.29) is 18.6 Å². The number of nitrogens with zero attached hydrogens (tertiary/aromatic N) is 3. The van der Waals surface area contributed by atoms with Crippen molar-refractivity contribution < 1.29 is 9.90 Å². The third-order valence-electron chi connectivity index (χ3n) is 4.68. The fraction of sp³-hybridized carbons (Fsp3) is 0.444. The SMILES string of the molecule is CCC(CO)N1CCN(C(=O)c2cc(-c3ccccc3)n[nH]2)CC1. The molecule has 1 aliphatic heterocycles. The van der Waals surface area contributed by atoms with E-state index in [1.165, 1.54) is 0 Å². The number of aromatic amines is 1. The van der Waals surface area contributed by atoms with Crippen molar-refractivity contribution in [3.8, 4) is 11.3 Å². The molecule has 2 N–H and O–H groups in total. The Labute approximate surface area is 142 Å². The van der Waals surface area contributed by atoms with Gasteiger partial charge in [-0.2, -0.15) is 5.10 Å². The summed E-state index contributed by atoms with van der Waals surface area (Å²) < 4.78 is 0. The highest BCUT2D eigenvalue weighted by atomic mass is 16.3. The van der Waals surface area contributed by atoms with E-state index in [9.17, 15) is 9.90 Å². The molecule has 1 fully saturated rings. The van der Waals surface area contributed by atoms with Gasteiger partial charge in [0.15, 0.2) is 0 Å². The first-order valence-corrected chi connectivity index (χ1v) is 8.48. The van der Waals surface area contributed by atoms with E-state index in [0.29, 0.717) is 18.8 Å². The summed E-state index contributed by atoms with van der Waals surface area (Å²) in [5, 5.41) is 16.5. The second kappa shape index (κ2) is 7.59. The highest BCUT2D eigenvalue weighted by Crippen LogP contribution is 2.18. The summed E-state index contributed by atoms with van der Waals surface area (Å²) in [6.07, 6.45) is 0.922. The summed E-state index contributed by atoms with van der Waals surface area (Å²) in [5.74, 6) is -0.0126. The van der Waals surface area contributed by atoms with Crippen LogP contribution in [0.15, 0.2) is 36.4 Å². The Morgan fingerprint density at radius 1 is 1.25 bits per heavy atom. The Balaban J connectivity index is 1.63. The van der Waals surface area contributed by atoms with Gasteiger partial charge in [-0.05, 0) is 12.5 Å². The third-order valence-corrected chi connectivity index (χ3v) is 4.68. The fourth-order valence-electron chi connectivity index (χ4n) is 3.15. The molecule has 128 valence electrons. The van der Waals surface area contributed by atoms with Crippen LogP contribution in [0.1, 0.15) is 23.8 Å². The van der Waals surface area contributed by atoms with Gasteiger partial charge in [0.05, 0.1) is 12.3 Å². The topological polar surface area (TPSA) is 72.5 Å². The molecule has 0 radical (unpaired) electrons. The van der Waals surface area contributed by atoms with Crippen LogP contribution in [0.5, 0.6) is 0 Å². The van der Waals surface area contributed by atoms with Crippen LogP contribution in [0.2, 0.25) is 0 Å². The number of nitrogens with one attached hydrogen (secondary N) is 1. The van der Waals surface area contributed by atoms with Crippen LogP contribution in [0.25, 0.3) is 11.3 Å². The smallest absolute Gasteiger partial charge is 0.271 e. The monoisotopic (exact) mass is 328 g/mol. The third kappa shape index (κ3) is 3.49. The number of carbonyl (C=O) groups excluding carboxylic acids is 1. The van der Waals surface area contributed by atoms with E-state index < -0.39 is 0 Å². The molecule has 6 nitrogen and oxygen atoms in total. The first kappa shape index (κ1) is 16.7. The molecule has 0 saturated carbocycles. The van der Waals surface area contributed by atoms with E-state index in [0.717, 1.165) is 30.8 Å². The Morgan fingerprint density at radius 2 is 1.96 bits per heavy atom. The van der Waals surface area contributed by atoms with Crippen molar-refractivity contribution in [2.24, 2.45) is 0 Å². The summed E-state index contributed by atoms with van der Waals surface area (Å²) in [6.45, 7) is 5.19. The van der Waals surface area contributed by atoms with Crippen molar-refractivity contribution in [2.45, 2.75) is 19.4 Å². The van der Waals surface area contributed by atoms with Crippen LogP contribution in [0.3, 0.4) is 0 Å². The zero-order chi connectivity index (χ0) is 16.9. The predicted molar refractivity (Wildman–Crippen MR) is 92.7 cm³/mol. The Kier molecular flexibility index (Phi) is 5.27. The molecule has 3 rings (SSSR count). The minimum absolute atomic E-state index is 0.0126. The van der Waals surface area contributed by atoms with Crippen molar-refractivity contribution in [1.82, 2.24) is 20.0 Å². The van der Waals surface area contributed by atoms with Crippen LogP contribution in [0, 0.1) is 0 Å². The molecule has 6 heteroatoms. The van der Waals surface area contributed by atoms with Crippen LogP contribution in [0.4, 0.5) is 0 Å². The number of carbonyl (C=O) groups is 1. The van der Waals surface area contributed by atoms with Gasteiger partial charge < -0.3 is 10.0 Å². The van der Waals surface area contributed by atoms with Crippen molar-refractivity contribution in [1.29, 1.82) is 0 Å². The second-order valence-electron chi connectivity index (χ2n) is 6.11. The molecule has 2 heterocycles. The average Bonchev–Trinajstić information content (AvgIpc) is 3.14. The van der Waals surface area contributed by atoms with Crippen molar-refractivity contribution in [3.05, 3.63) is 42.1 Å². The lowest BCUT2D eigenvalue weighted by atomic mass is 10.1. The molecule has 1 amide bonds. The van der Waals surface area contributed by atoms with Crippen molar-refractivity contribution in [2.75, 3.05) is 32.8 Å². The molecule has 24 heavy (non-hydrogen) atoms. The molecule has 0 aliphatic carbocycles. The number of aromatic nitrogens is 2. The summed E-state index contributed by atoms with van der Waals surface area (Å²) in [6, 6.07) is 11.8. The normalized spacial score (nSPS) is 17.0. The number of H-pyrrole nitrogens is 1. The van der Waals surface area contributed by atoms with Crippen LogP contribution >= 0.6 is 0 Å². The number of benzene rings is 1. The number of hydrogen-bond acceptors (Lipinski definition) is 4. The summed E-state index contributed by atoms with van der Waals surface area (Å²) in [4.78, 5) is 16.8. The minimum Gasteiger partial charge on any atom is -0.395 e. The lowest BCUT2D eigenvalue weighted by molar-refractivity contribution is 0.0468. The number of amides is 1. The first-order valence-electron chi connectivity index (χ1n) is 8.48. The van der Waals surface area contributed by atoms with Gasteiger partial charge in [0.2, 0.25) is 0 Å². The maximum atomic E-state index is 12.6. The lowest BCUT2D eigenvalue weighted by Crippen LogP contribution is -2.52. The number of rotatable bonds is 5. The zero-order valence-electron chi connectivity index (χ0n) is 14.0. The zero-order valence-corrected chi connectivity index (χ0v) is 14.0. The molecular formula is C18H24N4O2. The Bertz CT molecular complexity index is 659. The van der Waals surface area contributed by atoms with Gasteiger partial charge >= 0.3 is 0 Å². The standard InChI is InChI=1S/C18H24N4O2/c1-2-15(13-23)21-8-10-22(11-9-21)18(24)17-12-16(19-20-17)14-6-4-3-5-7-14/h3-7,12,15,23H,2,8-11,13H2,1H3,(H,19,20). The van der Waals surface area contributed by atoms with Gasteiger partial charge in [-0.25, -0.2) is 0 Å². The van der Waals surface area contributed by atoms with E-state index in [1.807, 2.05) is 41.3 Å². The van der Waals surface area contributed by atoms with Gasteiger partial charge in [-0.1, -0.05) is 37.3 Å². The Hall–Kier alpha value is -2.18. The molecule has 1 aromatic carbocycles. The second-order valence-corrected chi connectivity index (χ2v) is 6.11. The van der Waals surface area contributed by atoms with Gasteiger partial charge in [-0.3, -0.25) is 14.8 Å². The molecule has 1 atom stereocenters. The number of hydrogen-bond donors (Lipinski definition) is 2. The molecular weight excluding hydrogens is 304 g/mol. The van der Waals surface area contributed by atoms with Gasteiger partial charge in [-0.15, -0.1) is 0 Å². The largest absolute Gasteiger partial charge is 0.395 e. The average molecular weight is 328 g/mol. The summed E-state index contributed by atoms with van der Waals surface area (Å²) in [7, 11) is 0. The van der Waals surface area contributed by atoms with E-state index >= 15 is 0 Å². The maximum absolute atomic E-state index is 12.6. The maximum Gasteiger partial charge on any atom is 0.271 e. The van der Waals surface area contributed by atoms with E-state index in [1.54, 1.807) is 0 Å². The van der Waals surface area contributed by atoms with Crippen LogP contribution in [-0.2, 0) is 0 Å². The molecule has 1 unspecified atom stereocenters. The number of aliphatic hydroxyl groups is 1. The van der Waals surface area contributed by atoms with E-state index in [2.05, 4.69) is 22.0 Å². The van der Waals surface area contributed by atoms with E-state index in [4.69, 9.17) is 0 Å². The van der Waals surface area contributed by atoms with Gasteiger partial charge in [0.1, 0.15) is 5.69 Å². The summed E-state index contributed by atoms with van der Waals surface area (Å²) in [5.41, 5.74) is 2.30. The fourth-order valence-corrected chi connectivity index (χ4v) is 3.15. The molecule has 0 spiro atoms. The van der Waals surface area contributed by atoms with Crippen LogP contribution in [-0.4, -0.2) is 69.8 Å². The number of aliphatic hydroxyl groups excluding tert-OH is 1.